The summed E-state index contributed by atoms with van der Waals surface area (Å²) in [6.07, 6.45) is 3.76. The van der Waals surface area contributed by atoms with Crippen molar-refractivity contribution in [1.29, 1.82) is 0 Å². The molecule has 2 unspecified atom stereocenters. The molecule has 2 aliphatic rings. The van der Waals surface area contributed by atoms with Crippen LogP contribution < -0.4 is 5.73 Å². The Bertz CT molecular complexity index is 375. The first-order valence-corrected chi connectivity index (χ1v) is 6.80. The third kappa shape index (κ3) is 2.12. The lowest BCUT2D eigenvalue weighted by Crippen LogP contribution is -2.36. The predicted octanol–water partition coefficient (Wildman–Crippen LogP) is 1.82. The lowest BCUT2D eigenvalue weighted by atomic mass is 10.0. The van der Waals surface area contributed by atoms with E-state index >= 15 is 0 Å². The zero-order chi connectivity index (χ0) is 11.8. The summed E-state index contributed by atoms with van der Waals surface area (Å²) < 4.78 is 0. The Kier molecular flexibility index (Phi) is 2.93. The molecule has 2 N–H and O–H groups in total. The van der Waals surface area contributed by atoms with E-state index in [9.17, 15) is 0 Å². The molecular weight excluding hydrogens is 208 g/mol. The average molecular weight is 230 g/mol. The third-order valence-electron chi connectivity index (χ3n) is 4.55. The van der Waals surface area contributed by atoms with Gasteiger partial charge in [-0.3, -0.25) is 4.90 Å². The largest absolute Gasteiger partial charge is 0.328 e. The highest BCUT2D eigenvalue weighted by Gasteiger charge is 2.32. The number of benzene rings is 1. The van der Waals surface area contributed by atoms with Crippen molar-refractivity contribution in [2.75, 3.05) is 13.1 Å². The van der Waals surface area contributed by atoms with E-state index in [0.29, 0.717) is 12.0 Å². The van der Waals surface area contributed by atoms with Crippen LogP contribution in [0.5, 0.6) is 0 Å². The van der Waals surface area contributed by atoms with Crippen LogP contribution in [0, 0.1) is 5.92 Å². The van der Waals surface area contributed by atoms with Gasteiger partial charge in [-0.05, 0) is 49.8 Å². The number of hydrogen-bond donors (Lipinski definition) is 1. The highest BCUT2D eigenvalue weighted by Crippen LogP contribution is 2.29. The Balaban J connectivity index is 1.66. The van der Waals surface area contributed by atoms with Gasteiger partial charge in [0, 0.05) is 18.6 Å². The maximum atomic E-state index is 6.02. The second-order valence-corrected chi connectivity index (χ2v) is 5.73. The first kappa shape index (κ1) is 11.2. The van der Waals surface area contributed by atoms with E-state index < -0.39 is 0 Å². The van der Waals surface area contributed by atoms with Crippen LogP contribution in [0.1, 0.15) is 24.5 Å². The topological polar surface area (TPSA) is 29.3 Å². The molecule has 1 saturated heterocycles. The van der Waals surface area contributed by atoms with Crippen molar-refractivity contribution in [3.8, 4) is 0 Å². The molecular formula is C15H22N2. The molecule has 17 heavy (non-hydrogen) atoms. The van der Waals surface area contributed by atoms with Gasteiger partial charge in [-0.25, -0.2) is 0 Å². The Morgan fingerprint density at radius 2 is 1.88 bits per heavy atom. The fraction of sp³-hybridized carbons (Fsp3) is 0.600. The fourth-order valence-electron chi connectivity index (χ4n) is 3.37. The summed E-state index contributed by atoms with van der Waals surface area (Å²) in [4.78, 5) is 2.66. The van der Waals surface area contributed by atoms with Gasteiger partial charge >= 0.3 is 0 Å². The quantitative estimate of drug-likeness (QED) is 0.840. The molecule has 1 aliphatic heterocycles. The Labute approximate surface area is 104 Å². The van der Waals surface area contributed by atoms with Gasteiger partial charge in [-0.15, -0.1) is 0 Å². The van der Waals surface area contributed by atoms with Crippen LogP contribution in [0.25, 0.3) is 0 Å². The molecule has 1 aromatic carbocycles. The van der Waals surface area contributed by atoms with Crippen molar-refractivity contribution in [1.82, 2.24) is 4.90 Å². The lowest BCUT2D eigenvalue weighted by molar-refractivity contribution is 0.237. The Morgan fingerprint density at radius 1 is 1.24 bits per heavy atom. The zero-order valence-electron chi connectivity index (χ0n) is 10.6. The van der Waals surface area contributed by atoms with E-state index in [1.165, 1.54) is 32.4 Å². The minimum absolute atomic E-state index is 0.351. The smallest absolute Gasteiger partial charge is 0.0176 e. The van der Waals surface area contributed by atoms with E-state index in [2.05, 4.69) is 36.1 Å². The second kappa shape index (κ2) is 4.43. The Morgan fingerprint density at radius 3 is 2.41 bits per heavy atom. The van der Waals surface area contributed by atoms with Crippen molar-refractivity contribution in [2.24, 2.45) is 11.7 Å². The summed E-state index contributed by atoms with van der Waals surface area (Å²) in [6.45, 7) is 4.60. The number of rotatable bonds is 2. The summed E-state index contributed by atoms with van der Waals surface area (Å²) in [5, 5.41) is 0. The molecule has 0 saturated carbocycles. The number of fused-ring (bicyclic) bond motifs is 1. The molecule has 0 radical (unpaired) electrons. The van der Waals surface area contributed by atoms with Crippen molar-refractivity contribution in [2.45, 2.75) is 38.3 Å². The van der Waals surface area contributed by atoms with Gasteiger partial charge in [-0.2, -0.15) is 0 Å². The zero-order valence-corrected chi connectivity index (χ0v) is 10.6. The summed E-state index contributed by atoms with van der Waals surface area (Å²) in [7, 11) is 0. The van der Waals surface area contributed by atoms with Crippen molar-refractivity contribution in [3.63, 3.8) is 0 Å². The van der Waals surface area contributed by atoms with Crippen LogP contribution in [0.15, 0.2) is 24.3 Å². The summed E-state index contributed by atoms with van der Waals surface area (Å²) >= 11 is 0. The van der Waals surface area contributed by atoms with Crippen molar-refractivity contribution >= 4 is 0 Å². The molecule has 2 atom stereocenters. The van der Waals surface area contributed by atoms with Crippen molar-refractivity contribution in [3.05, 3.63) is 35.4 Å². The van der Waals surface area contributed by atoms with Crippen LogP contribution >= 0.6 is 0 Å². The molecule has 1 heterocycles. The molecule has 92 valence electrons. The van der Waals surface area contributed by atoms with E-state index in [1.54, 1.807) is 11.1 Å². The van der Waals surface area contributed by atoms with Crippen LogP contribution in [0.3, 0.4) is 0 Å². The first-order valence-electron chi connectivity index (χ1n) is 6.80. The van der Waals surface area contributed by atoms with Gasteiger partial charge in [0.1, 0.15) is 0 Å². The maximum Gasteiger partial charge on any atom is 0.0176 e. The van der Waals surface area contributed by atoms with Gasteiger partial charge < -0.3 is 5.73 Å². The molecule has 1 aliphatic carbocycles. The predicted molar refractivity (Wildman–Crippen MR) is 71.0 cm³/mol. The molecule has 1 aromatic rings. The SMILES string of the molecule is CC(N)C1CCN(C2Cc3ccccc3C2)C1. The standard InChI is InChI=1S/C15H22N2/c1-11(16)14-6-7-17(10-14)15-8-12-4-2-3-5-13(12)9-15/h2-5,11,14-15H,6-10,16H2,1H3. The van der Waals surface area contributed by atoms with Gasteiger partial charge in [0.15, 0.2) is 0 Å². The highest BCUT2D eigenvalue weighted by atomic mass is 15.2. The monoisotopic (exact) mass is 230 g/mol. The van der Waals surface area contributed by atoms with E-state index in [0.717, 1.165) is 6.04 Å². The third-order valence-corrected chi connectivity index (χ3v) is 4.55. The maximum absolute atomic E-state index is 6.02. The highest BCUT2D eigenvalue weighted by molar-refractivity contribution is 5.33. The molecule has 0 spiro atoms. The van der Waals surface area contributed by atoms with Gasteiger partial charge in [0.2, 0.25) is 0 Å². The van der Waals surface area contributed by atoms with Crippen molar-refractivity contribution < 1.29 is 0 Å². The Hall–Kier alpha value is -0.860. The van der Waals surface area contributed by atoms with Crippen LogP contribution in [-0.2, 0) is 12.8 Å². The lowest BCUT2D eigenvalue weighted by Gasteiger charge is -2.24. The summed E-state index contributed by atoms with van der Waals surface area (Å²) in [6, 6.07) is 9.98. The molecule has 0 bridgehead atoms. The number of hydrogen-bond acceptors (Lipinski definition) is 2. The average Bonchev–Trinajstić information content (AvgIpc) is 2.95. The minimum Gasteiger partial charge on any atom is -0.328 e. The molecule has 3 rings (SSSR count). The first-order chi connectivity index (χ1) is 8.24. The second-order valence-electron chi connectivity index (χ2n) is 5.73. The molecule has 2 heteroatoms. The fourth-order valence-corrected chi connectivity index (χ4v) is 3.37. The molecule has 2 nitrogen and oxygen atoms in total. The van der Waals surface area contributed by atoms with Crippen LogP contribution in [0.2, 0.25) is 0 Å². The minimum atomic E-state index is 0.351. The molecule has 1 fully saturated rings. The number of nitrogens with zero attached hydrogens (tertiary/aromatic N) is 1. The molecule has 0 amide bonds. The van der Waals surface area contributed by atoms with E-state index in [1.807, 2.05) is 0 Å². The summed E-state index contributed by atoms with van der Waals surface area (Å²) in [5.41, 5.74) is 9.13. The van der Waals surface area contributed by atoms with E-state index in [4.69, 9.17) is 5.73 Å². The number of likely N-dealkylation sites (tertiary alicyclic amines) is 1. The van der Waals surface area contributed by atoms with Gasteiger partial charge in [0.05, 0.1) is 0 Å². The normalized spacial score (nSPS) is 27.3. The number of nitrogens with two attached hydrogens (primary N) is 1. The van der Waals surface area contributed by atoms with Crippen LogP contribution in [-0.4, -0.2) is 30.1 Å². The van der Waals surface area contributed by atoms with Gasteiger partial charge in [0.25, 0.3) is 0 Å². The van der Waals surface area contributed by atoms with Crippen LogP contribution in [0.4, 0.5) is 0 Å². The summed E-state index contributed by atoms with van der Waals surface area (Å²) in [5.74, 6) is 0.707. The van der Waals surface area contributed by atoms with Gasteiger partial charge in [-0.1, -0.05) is 24.3 Å². The van der Waals surface area contributed by atoms with E-state index in [-0.39, 0.29) is 0 Å². The molecule has 0 aromatic heterocycles.